The Kier molecular flexibility index (Phi) is 11.1. The van der Waals surface area contributed by atoms with Crippen LogP contribution in [0.1, 0.15) is 92.6 Å². The van der Waals surface area contributed by atoms with Gasteiger partial charge in [0.1, 0.15) is 17.0 Å². The minimum absolute atomic E-state index is 0.0517. The van der Waals surface area contributed by atoms with Crippen molar-refractivity contribution in [3.8, 4) is 27.3 Å². The van der Waals surface area contributed by atoms with Gasteiger partial charge in [0.25, 0.3) is 11.8 Å². The van der Waals surface area contributed by atoms with E-state index in [0.717, 1.165) is 44.0 Å². The van der Waals surface area contributed by atoms with Gasteiger partial charge in [-0.25, -0.2) is 14.6 Å². The number of fused-ring (bicyclic) bond motifs is 3. The molecule has 3 amide bonds. The molecule has 3 heterocycles. The number of anilines is 1. The highest BCUT2D eigenvalue weighted by Gasteiger charge is 2.28. The van der Waals surface area contributed by atoms with Crippen LogP contribution in [0, 0.1) is 20.8 Å². The Balaban J connectivity index is 1.59. The summed E-state index contributed by atoms with van der Waals surface area (Å²) in [5.74, 6) is -1.03. The van der Waals surface area contributed by atoms with Crippen molar-refractivity contribution in [3.63, 3.8) is 0 Å². The van der Waals surface area contributed by atoms with Gasteiger partial charge in [0.05, 0.1) is 13.7 Å². The molecule has 0 saturated carbocycles. The zero-order valence-corrected chi connectivity index (χ0v) is 31.1. The lowest BCUT2D eigenvalue weighted by atomic mass is 9.93. The van der Waals surface area contributed by atoms with E-state index in [1.165, 1.54) is 13.2 Å². The number of aromatic nitrogens is 1. The Morgan fingerprint density at radius 2 is 1.65 bits per heavy atom. The van der Waals surface area contributed by atoms with Crippen LogP contribution in [0.15, 0.2) is 42.5 Å². The third kappa shape index (κ3) is 8.57. The molecule has 268 valence electrons. The number of benzene rings is 2. The number of thiophene rings is 1. The molecule has 0 fully saturated rings. The molecule has 12 heteroatoms. The molecule has 0 unspecified atom stereocenters. The van der Waals surface area contributed by atoms with E-state index >= 15 is 0 Å². The van der Waals surface area contributed by atoms with Crippen molar-refractivity contribution in [1.82, 2.24) is 15.6 Å². The number of carbonyl (C=O) groups is 4. The van der Waals surface area contributed by atoms with Crippen LogP contribution in [-0.4, -0.2) is 54.7 Å². The highest BCUT2D eigenvalue weighted by Crippen LogP contribution is 2.44. The third-order valence-corrected chi connectivity index (χ3v) is 9.30. The molecule has 4 aromatic rings. The summed E-state index contributed by atoms with van der Waals surface area (Å²) in [7, 11) is 1.24. The van der Waals surface area contributed by atoms with Crippen molar-refractivity contribution < 1.29 is 33.4 Å². The highest BCUT2D eigenvalue weighted by molar-refractivity contribution is 7.15. The van der Waals surface area contributed by atoms with E-state index in [1.54, 1.807) is 50.3 Å². The first-order chi connectivity index (χ1) is 24.2. The van der Waals surface area contributed by atoms with Gasteiger partial charge in [-0.3, -0.25) is 9.59 Å². The molecular formula is C39H44N4O7S. The number of nitrogens with zero attached hydrogens (tertiary/aromatic N) is 1. The molecule has 0 atom stereocenters. The smallest absolute Gasteiger partial charge is 0.407 e. The first-order valence-corrected chi connectivity index (χ1v) is 17.7. The predicted octanol–water partition coefficient (Wildman–Crippen LogP) is 7.54. The number of esters is 1. The largest absolute Gasteiger partial charge is 0.493 e. The van der Waals surface area contributed by atoms with Gasteiger partial charge in [-0.05, 0) is 101 Å². The lowest BCUT2D eigenvalue weighted by molar-refractivity contribution is 0.0522. The molecule has 0 saturated heterocycles. The van der Waals surface area contributed by atoms with E-state index in [9.17, 15) is 19.2 Å². The molecular weight excluding hydrogens is 669 g/mol. The normalized spacial score (nSPS) is 12.1. The van der Waals surface area contributed by atoms with Crippen LogP contribution in [0.25, 0.3) is 21.6 Å². The Morgan fingerprint density at radius 3 is 2.31 bits per heavy atom. The van der Waals surface area contributed by atoms with Crippen molar-refractivity contribution in [3.05, 3.63) is 86.5 Å². The van der Waals surface area contributed by atoms with Gasteiger partial charge in [-0.15, -0.1) is 11.3 Å². The average molecular weight is 713 g/mol. The summed E-state index contributed by atoms with van der Waals surface area (Å²) in [6.07, 6.45) is 0.918. The summed E-state index contributed by atoms with van der Waals surface area (Å²) in [5, 5.41) is 8.67. The molecule has 11 nitrogen and oxygen atoms in total. The Morgan fingerprint density at radius 1 is 0.922 bits per heavy atom. The third-order valence-electron chi connectivity index (χ3n) is 8.17. The second-order valence-electron chi connectivity index (χ2n) is 13.5. The molecule has 51 heavy (non-hydrogen) atoms. The number of carbonyl (C=O) groups excluding carboxylic acids is 4. The quantitative estimate of drug-likeness (QED) is 0.151. The fourth-order valence-electron chi connectivity index (χ4n) is 5.94. The van der Waals surface area contributed by atoms with Gasteiger partial charge < -0.3 is 30.2 Å². The number of hydrogen-bond donors (Lipinski definition) is 3. The van der Waals surface area contributed by atoms with E-state index in [1.807, 2.05) is 39.8 Å². The Labute approximate surface area is 302 Å². The fourth-order valence-corrected chi connectivity index (χ4v) is 7.03. The summed E-state index contributed by atoms with van der Waals surface area (Å²) < 4.78 is 16.7. The zero-order valence-electron chi connectivity index (χ0n) is 30.3. The number of pyridine rings is 1. The van der Waals surface area contributed by atoms with E-state index in [-0.39, 0.29) is 23.5 Å². The summed E-state index contributed by atoms with van der Waals surface area (Å²) in [6.45, 7) is 14.3. The minimum Gasteiger partial charge on any atom is -0.493 e. The number of amides is 3. The maximum Gasteiger partial charge on any atom is 0.407 e. The maximum atomic E-state index is 14.5. The minimum atomic E-state index is -0.754. The van der Waals surface area contributed by atoms with E-state index in [4.69, 9.17) is 14.2 Å². The molecule has 3 N–H and O–H groups in total. The van der Waals surface area contributed by atoms with Crippen molar-refractivity contribution >= 4 is 40.9 Å². The molecule has 0 radical (unpaired) electrons. The van der Waals surface area contributed by atoms with Gasteiger partial charge in [-0.2, -0.15) is 0 Å². The molecule has 0 aliphatic carbocycles. The molecule has 1 aliphatic rings. The second-order valence-corrected chi connectivity index (χ2v) is 14.7. The van der Waals surface area contributed by atoms with Crippen molar-refractivity contribution in [2.24, 2.45) is 0 Å². The molecule has 2 aromatic heterocycles. The number of rotatable bonds is 9. The van der Waals surface area contributed by atoms with E-state index < -0.39 is 29.5 Å². The van der Waals surface area contributed by atoms with Crippen LogP contribution < -0.4 is 20.7 Å². The average Bonchev–Trinajstić information content (AvgIpc) is 3.37. The van der Waals surface area contributed by atoms with Gasteiger partial charge in [0.2, 0.25) is 0 Å². The van der Waals surface area contributed by atoms with Crippen LogP contribution >= 0.6 is 11.3 Å². The summed E-state index contributed by atoms with van der Waals surface area (Å²) in [5.41, 5.74) is 5.26. The molecule has 0 spiro atoms. The van der Waals surface area contributed by atoms with Crippen LogP contribution in [0.5, 0.6) is 5.75 Å². The first-order valence-electron chi connectivity index (χ1n) is 16.9. The number of aryl methyl sites for hydroxylation is 3. The lowest BCUT2D eigenvalue weighted by Crippen LogP contribution is -2.32. The monoisotopic (exact) mass is 712 g/mol. The van der Waals surface area contributed by atoms with Crippen LogP contribution in [-0.2, 0) is 22.4 Å². The number of ether oxygens (including phenoxy) is 3. The lowest BCUT2D eigenvalue weighted by Gasteiger charge is -2.20. The number of alkyl carbamates (subject to hydrolysis) is 1. The maximum absolute atomic E-state index is 14.5. The SMILES string of the molecule is CCCNC(=O)c1ccc(-c2cc3c(cc2C(=O)Nc2c(C)cc(CNC(=O)OC(C)(C)C)cc2C)-c2sc(C)cc2CCO3)c(C(=O)OC)n1. The second kappa shape index (κ2) is 15.3. The fraction of sp³-hybridized carbons (Fsp3) is 0.359. The number of methoxy groups -OCH3 is 1. The molecule has 2 aromatic carbocycles. The van der Waals surface area contributed by atoms with Crippen LogP contribution in [0.2, 0.25) is 0 Å². The summed E-state index contributed by atoms with van der Waals surface area (Å²) in [4.78, 5) is 59.3. The van der Waals surface area contributed by atoms with Crippen LogP contribution in [0.4, 0.5) is 10.5 Å². The molecule has 5 rings (SSSR count). The predicted molar refractivity (Wildman–Crippen MR) is 198 cm³/mol. The molecule has 0 bridgehead atoms. The Hall–Kier alpha value is -5.23. The van der Waals surface area contributed by atoms with Gasteiger partial charge in [0, 0.05) is 57.2 Å². The van der Waals surface area contributed by atoms with E-state index in [0.29, 0.717) is 42.1 Å². The zero-order chi connectivity index (χ0) is 37.0. The summed E-state index contributed by atoms with van der Waals surface area (Å²) in [6, 6.07) is 12.6. The summed E-state index contributed by atoms with van der Waals surface area (Å²) >= 11 is 1.63. The van der Waals surface area contributed by atoms with Crippen molar-refractivity contribution in [2.45, 2.75) is 73.5 Å². The topological polar surface area (TPSA) is 145 Å². The van der Waals surface area contributed by atoms with Crippen molar-refractivity contribution in [1.29, 1.82) is 0 Å². The van der Waals surface area contributed by atoms with Crippen molar-refractivity contribution in [2.75, 3.05) is 25.6 Å². The molecule has 1 aliphatic heterocycles. The number of nitrogens with one attached hydrogen (secondary N) is 3. The van der Waals surface area contributed by atoms with Crippen LogP contribution in [0.3, 0.4) is 0 Å². The highest BCUT2D eigenvalue weighted by atomic mass is 32.1. The van der Waals surface area contributed by atoms with E-state index in [2.05, 4.69) is 27.0 Å². The Bertz CT molecular complexity index is 1990. The number of hydrogen-bond acceptors (Lipinski definition) is 9. The van der Waals surface area contributed by atoms with Gasteiger partial charge in [0.15, 0.2) is 5.69 Å². The van der Waals surface area contributed by atoms with Gasteiger partial charge in [-0.1, -0.05) is 19.1 Å². The van der Waals surface area contributed by atoms with Gasteiger partial charge >= 0.3 is 12.1 Å². The standard InChI is InChI=1S/C39H44N4O7S/c1-9-13-40-36(45)30-11-10-26(33(42-30)37(46)48-8)27-19-31-29(34-25(12-14-49-31)17-23(4)51-34)18-28(27)35(44)43-32-21(2)15-24(16-22(32)3)20-41-38(47)50-39(5,6)7/h10-11,15-19H,9,12-14,20H2,1-8H3,(H,40,45)(H,41,47)(H,43,44). The first kappa shape index (κ1) is 37.0.